The molecule has 0 saturated heterocycles. The van der Waals surface area contributed by atoms with Crippen LogP contribution in [0, 0.1) is 11.3 Å². The van der Waals surface area contributed by atoms with Gasteiger partial charge in [0.05, 0.1) is 11.6 Å². The standard InChI is InChI=1S/C21H16N2O2/c22-14-18-8-4-5-9-20(18)17-10-12-19(13-11-17)23-21(24)25-15-16-6-2-1-3-7-16/h1-13H,15H2,(H,23,24). The largest absolute Gasteiger partial charge is 0.444 e. The second kappa shape index (κ2) is 7.80. The summed E-state index contributed by atoms with van der Waals surface area (Å²) < 4.78 is 5.19. The van der Waals surface area contributed by atoms with Gasteiger partial charge in [-0.05, 0) is 34.9 Å². The topological polar surface area (TPSA) is 62.1 Å². The highest BCUT2D eigenvalue weighted by Gasteiger charge is 2.06. The molecule has 122 valence electrons. The lowest BCUT2D eigenvalue weighted by Gasteiger charge is -2.08. The number of hydrogen-bond donors (Lipinski definition) is 1. The Morgan fingerprint density at radius 3 is 2.32 bits per heavy atom. The average Bonchev–Trinajstić information content (AvgIpc) is 2.68. The zero-order valence-corrected chi connectivity index (χ0v) is 13.5. The van der Waals surface area contributed by atoms with Crippen LogP contribution < -0.4 is 5.32 Å². The van der Waals surface area contributed by atoms with Gasteiger partial charge in [0.2, 0.25) is 0 Å². The molecule has 0 unspecified atom stereocenters. The molecular weight excluding hydrogens is 312 g/mol. The lowest BCUT2D eigenvalue weighted by Crippen LogP contribution is -2.13. The molecule has 1 amide bonds. The lowest BCUT2D eigenvalue weighted by atomic mass is 10.0. The third kappa shape index (κ3) is 4.24. The summed E-state index contributed by atoms with van der Waals surface area (Å²) in [4.78, 5) is 11.9. The smallest absolute Gasteiger partial charge is 0.411 e. The molecular formula is C21H16N2O2. The highest BCUT2D eigenvalue weighted by Crippen LogP contribution is 2.24. The normalized spacial score (nSPS) is 9.88. The SMILES string of the molecule is N#Cc1ccccc1-c1ccc(NC(=O)OCc2ccccc2)cc1. The van der Waals surface area contributed by atoms with Crippen LogP contribution in [0.15, 0.2) is 78.9 Å². The second-order valence-corrected chi connectivity index (χ2v) is 5.42. The summed E-state index contributed by atoms with van der Waals surface area (Å²) in [6.07, 6.45) is -0.506. The van der Waals surface area contributed by atoms with E-state index < -0.39 is 6.09 Å². The van der Waals surface area contributed by atoms with Crippen LogP contribution in [0.25, 0.3) is 11.1 Å². The Labute approximate surface area is 146 Å². The van der Waals surface area contributed by atoms with Gasteiger partial charge in [0, 0.05) is 5.69 Å². The zero-order chi connectivity index (χ0) is 17.5. The van der Waals surface area contributed by atoms with Crippen molar-refractivity contribution in [1.29, 1.82) is 5.26 Å². The van der Waals surface area contributed by atoms with E-state index in [1.165, 1.54) is 0 Å². The van der Waals surface area contributed by atoms with Crippen molar-refractivity contribution in [3.63, 3.8) is 0 Å². The first kappa shape index (κ1) is 16.3. The molecule has 0 heterocycles. The summed E-state index contributed by atoms with van der Waals surface area (Å²) in [5.74, 6) is 0. The van der Waals surface area contributed by atoms with Crippen molar-refractivity contribution in [2.75, 3.05) is 5.32 Å². The lowest BCUT2D eigenvalue weighted by molar-refractivity contribution is 0.155. The first-order chi connectivity index (χ1) is 12.3. The van der Waals surface area contributed by atoms with Crippen molar-refractivity contribution < 1.29 is 9.53 Å². The number of anilines is 1. The number of benzene rings is 3. The van der Waals surface area contributed by atoms with Crippen LogP contribution in [0.3, 0.4) is 0 Å². The first-order valence-electron chi connectivity index (χ1n) is 7.83. The molecule has 3 aromatic carbocycles. The maximum absolute atomic E-state index is 11.9. The molecule has 0 aliphatic rings. The first-order valence-corrected chi connectivity index (χ1v) is 7.83. The molecule has 0 atom stereocenters. The van der Waals surface area contributed by atoms with Crippen molar-refractivity contribution in [3.8, 4) is 17.2 Å². The fourth-order valence-corrected chi connectivity index (χ4v) is 2.44. The van der Waals surface area contributed by atoms with E-state index in [1.807, 2.05) is 60.7 Å². The van der Waals surface area contributed by atoms with Gasteiger partial charge in [-0.15, -0.1) is 0 Å². The van der Waals surface area contributed by atoms with E-state index in [1.54, 1.807) is 18.2 Å². The number of nitrogens with zero attached hydrogens (tertiary/aromatic N) is 1. The summed E-state index contributed by atoms with van der Waals surface area (Å²) in [5.41, 5.74) is 3.96. The van der Waals surface area contributed by atoms with Crippen LogP contribution in [-0.4, -0.2) is 6.09 Å². The molecule has 0 aromatic heterocycles. The predicted octanol–water partition coefficient (Wildman–Crippen LogP) is 4.97. The van der Waals surface area contributed by atoms with Crippen molar-refractivity contribution in [2.24, 2.45) is 0 Å². The van der Waals surface area contributed by atoms with Crippen molar-refractivity contribution in [1.82, 2.24) is 0 Å². The van der Waals surface area contributed by atoms with E-state index >= 15 is 0 Å². The van der Waals surface area contributed by atoms with E-state index in [0.717, 1.165) is 16.7 Å². The van der Waals surface area contributed by atoms with Gasteiger partial charge < -0.3 is 4.74 Å². The van der Waals surface area contributed by atoms with Gasteiger partial charge in [-0.1, -0.05) is 60.7 Å². The zero-order valence-electron chi connectivity index (χ0n) is 13.5. The van der Waals surface area contributed by atoms with Gasteiger partial charge in [0.1, 0.15) is 6.61 Å². The van der Waals surface area contributed by atoms with Gasteiger partial charge >= 0.3 is 6.09 Å². The Morgan fingerprint density at radius 2 is 1.60 bits per heavy atom. The monoisotopic (exact) mass is 328 g/mol. The fraction of sp³-hybridized carbons (Fsp3) is 0.0476. The molecule has 0 aliphatic heterocycles. The van der Waals surface area contributed by atoms with Crippen LogP contribution >= 0.6 is 0 Å². The Morgan fingerprint density at radius 1 is 0.920 bits per heavy atom. The summed E-state index contributed by atoms with van der Waals surface area (Å²) in [6.45, 7) is 0.223. The molecule has 0 fully saturated rings. The highest BCUT2D eigenvalue weighted by atomic mass is 16.5. The van der Waals surface area contributed by atoms with Gasteiger partial charge in [-0.25, -0.2) is 4.79 Å². The van der Waals surface area contributed by atoms with Crippen LogP contribution in [0.2, 0.25) is 0 Å². The van der Waals surface area contributed by atoms with Crippen LogP contribution in [-0.2, 0) is 11.3 Å². The Hall–Kier alpha value is -3.58. The number of amides is 1. The third-order valence-electron chi connectivity index (χ3n) is 3.70. The molecule has 4 nitrogen and oxygen atoms in total. The maximum atomic E-state index is 11.9. The van der Waals surface area contributed by atoms with Gasteiger partial charge in [-0.2, -0.15) is 5.26 Å². The maximum Gasteiger partial charge on any atom is 0.411 e. The molecule has 1 N–H and O–H groups in total. The number of nitriles is 1. The number of ether oxygens (including phenoxy) is 1. The number of hydrogen-bond acceptors (Lipinski definition) is 3. The summed E-state index contributed by atoms with van der Waals surface area (Å²) in [7, 11) is 0. The molecule has 0 spiro atoms. The average molecular weight is 328 g/mol. The molecule has 4 heteroatoms. The van der Waals surface area contributed by atoms with Crippen molar-refractivity contribution in [3.05, 3.63) is 90.0 Å². The molecule has 3 rings (SSSR count). The summed E-state index contributed by atoms with van der Waals surface area (Å²) >= 11 is 0. The van der Waals surface area contributed by atoms with Gasteiger partial charge in [-0.3, -0.25) is 5.32 Å². The van der Waals surface area contributed by atoms with Crippen LogP contribution in [0.5, 0.6) is 0 Å². The minimum absolute atomic E-state index is 0.223. The number of rotatable bonds is 4. The third-order valence-corrected chi connectivity index (χ3v) is 3.70. The second-order valence-electron chi connectivity index (χ2n) is 5.42. The minimum Gasteiger partial charge on any atom is -0.444 e. The molecule has 25 heavy (non-hydrogen) atoms. The predicted molar refractivity (Wildman–Crippen MR) is 96.8 cm³/mol. The van der Waals surface area contributed by atoms with Crippen molar-refractivity contribution >= 4 is 11.8 Å². The van der Waals surface area contributed by atoms with E-state index in [2.05, 4.69) is 11.4 Å². The van der Waals surface area contributed by atoms with E-state index in [4.69, 9.17) is 4.74 Å². The summed E-state index contributed by atoms with van der Waals surface area (Å²) in [5, 5.41) is 11.9. The molecule has 0 bridgehead atoms. The fourth-order valence-electron chi connectivity index (χ4n) is 2.44. The van der Waals surface area contributed by atoms with E-state index in [9.17, 15) is 10.1 Å². The van der Waals surface area contributed by atoms with Gasteiger partial charge in [0.15, 0.2) is 0 Å². The quantitative estimate of drug-likeness (QED) is 0.735. The van der Waals surface area contributed by atoms with Crippen LogP contribution in [0.4, 0.5) is 10.5 Å². The summed E-state index contributed by atoms with van der Waals surface area (Å²) in [6, 6.07) is 26.4. The minimum atomic E-state index is -0.506. The Bertz CT molecular complexity index is 897. The number of carbonyl (C=O) groups is 1. The molecule has 0 saturated carbocycles. The van der Waals surface area contributed by atoms with E-state index in [0.29, 0.717) is 11.3 Å². The van der Waals surface area contributed by atoms with E-state index in [-0.39, 0.29) is 6.61 Å². The number of nitrogens with one attached hydrogen (secondary N) is 1. The highest BCUT2D eigenvalue weighted by molar-refractivity contribution is 5.85. The molecule has 0 radical (unpaired) electrons. The van der Waals surface area contributed by atoms with Gasteiger partial charge in [0.25, 0.3) is 0 Å². The number of carbonyl (C=O) groups excluding carboxylic acids is 1. The Balaban J connectivity index is 1.63. The Kier molecular flexibility index (Phi) is 5.08. The molecule has 0 aliphatic carbocycles. The van der Waals surface area contributed by atoms with Crippen LogP contribution in [0.1, 0.15) is 11.1 Å². The van der Waals surface area contributed by atoms with Crippen molar-refractivity contribution in [2.45, 2.75) is 6.61 Å². The molecule has 3 aromatic rings.